The summed E-state index contributed by atoms with van der Waals surface area (Å²) in [7, 11) is 2.85. The van der Waals surface area contributed by atoms with Gasteiger partial charge in [0.2, 0.25) is 0 Å². The Morgan fingerprint density at radius 2 is 1.80 bits per heavy atom. The molecule has 1 fully saturated rings. The standard InChI is InChI=1S/C28H32F3N7O3/c1-5-20-16-38(25-24-22(36(3)26(39)35-25)12-11-19(13-32)34-24)21(6-2)15-37(20)23(14-33-27(40)41-4)17-7-9-18(10-8-17)28(29,30)31/h7-12,20-21,23H,5-6,14-16H2,1-4H3,(H,33,40)/t20-,21+,23?/m1/s1. The number of nitriles is 1. The third-order valence-corrected chi connectivity index (χ3v) is 7.65. The first-order valence-electron chi connectivity index (χ1n) is 13.3. The molecule has 1 aliphatic heterocycles. The maximum atomic E-state index is 13.3. The van der Waals surface area contributed by atoms with Crippen LogP contribution in [0.5, 0.6) is 0 Å². The van der Waals surface area contributed by atoms with Crippen molar-refractivity contribution in [3.63, 3.8) is 0 Å². The fourth-order valence-electron chi connectivity index (χ4n) is 5.37. The van der Waals surface area contributed by atoms with Gasteiger partial charge in [-0.2, -0.15) is 23.4 Å². The highest BCUT2D eigenvalue weighted by molar-refractivity contribution is 5.86. The van der Waals surface area contributed by atoms with E-state index in [1.807, 2.05) is 24.8 Å². The van der Waals surface area contributed by atoms with Crippen LogP contribution in [0, 0.1) is 11.3 Å². The maximum absolute atomic E-state index is 13.3. The van der Waals surface area contributed by atoms with E-state index >= 15 is 0 Å². The molecule has 2 aromatic heterocycles. The number of piperazine rings is 1. The Morgan fingerprint density at radius 3 is 2.39 bits per heavy atom. The van der Waals surface area contributed by atoms with Gasteiger partial charge in [-0.05, 0) is 42.7 Å². The zero-order chi connectivity index (χ0) is 29.9. The van der Waals surface area contributed by atoms with Crippen molar-refractivity contribution >= 4 is 22.9 Å². The number of nitrogens with one attached hydrogen (secondary N) is 1. The number of alkyl halides is 3. The van der Waals surface area contributed by atoms with E-state index in [1.165, 1.54) is 23.8 Å². The molecule has 3 heterocycles. The average molecular weight is 572 g/mol. The third-order valence-electron chi connectivity index (χ3n) is 7.65. The summed E-state index contributed by atoms with van der Waals surface area (Å²) in [6, 6.07) is 9.53. The highest BCUT2D eigenvalue weighted by Crippen LogP contribution is 2.35. The second-order valence-electron chi connectivity index (χ2n) is 9.93. The monoisotopic (exact) mass is 571 g/mol. The molecule has 1 unspecified atom stereocenters. The Morgan fingerprint density at radius 1 is 1.12 bits per heavy atom. The van der Waals surface area contributed by atoms with Gasteiger partial charge in [-0.25, -0.2) is 14.6 Å². The lowest BCUT2D eigenvalue weighted by atomic mass is 9.95. The number of aryl methyl sites for hydroxylation is 1. The molecule has 1 aromatic carbocycles. The molecule has 0 saturated carbocycles. The second-order valence-corrected chi connectivity index (χ2v) is 9.93. The number of ether oxygens (including phenoxy) is 1. The first-order valence-corrected chi connectivity index (χ1v) is 13.3. The van der Waals surface area contributed by atoms with Gasteiger partial charge in [0.15, 0.2) is 5.82 Å². The number of benzene rings is 1. The van der Waals surface area contributed by atoms with Crippen LogP contribution in [0.1, 0.15) is 49.6 Å². The summed E-state index contributed by atoms with van der Waals surface area (Å²) in [6.07, 6.45) is -3.78. The molecule has 10 nitrogen and oxygen atoms in total. The number of amides is 1. The van der Waals surface area contributed by atoms with Gasteiger partial charge >= 0.3 is 18.0 Å². The number of carbonyl (C=O) groups is 1. The predicted octanol–water partition coefficient (Wildman–Crippen LogP) is 4.00. The fraction of sp³-hybridized carbons (Fsp3) is 0.464. The first-order chi connectivity index (χ1) is 19.5. The van der Waals surface area contributed by atoms with Crippen LogP contribution in [-0.2, 0) is 18.0 Å². The number of hydrogen-bond acceptors (Lipinski definition) is 8. The van der Waals surface area contributed by atoms with Crippen molar-refractivity contribution in [2.75, 3.05) is 31.6 Å². The minimum atomic E-state index is -4.47. The Hall–Kier alpha value is -4.18. The van der Waals surface area contributed by atoms with Crippen LogP contribution in [0.2, 0.25) is 0 Å². The van der Waals surface area contributed by atoms with Gasteiger partial charge in [-0.3, -0.25) is 9.47 Å². The van der Waals surface area contributed by atoms with Crippen LogP contribution < -0.4 is 15.9 Å². The maximum Gasteiger partial charge on any atom is 0.416 e. The van der Waals surface area contributed by atoms with Gasteiger partial charge in [0.25, 0.3) is 0 Å². The van der Waals surface area contributed by atoms with Gasteiger partial charge in [0.05, 0.1) is 24.2 Å². The minimum Gasteiger partial charge on any atom is -0.453 e. The highest BCUT2D eigenvalue weighted by atomic mass is 19.4. The van der Waals surface area contributed by atoms with Crippen LogP contribution in [0.4, 0.5) is 23.8 Å². The van der Waals surface area contributed by atoms with Crippen molar-refractivity contribution in [2.45, 2.75) is 51.0 Å². The SMILES string of the molecule is CC[C@H]1CN(C(CNC(=O)OC)c2ccc(C(F)(F)F)cc2)[C@H](CC)CN1c1nc(=O)n(C)c2ccc(C#N)nc12. The number of methoxy groups -OCH3 is 1. The molecular weight excluding hydrogens is 539 g/mol. The number of anilines is 1. The van der Waals surface area contributed by atoms with E-state index in [0.717, 1.165) is 12.1 Å². The van der Waals surface area contributed by atoms with Crippen LogP contribution in [0.25, 0.3) is 11.0 Å². The lowest BCUT2D eigenvalue weighted by Gasteiger charge is -2.49. The van der Waals surface area contributed by atoms with Crippen LogP contribution in [-0.4, -0.2) is 64.4 Å². The molecule has 0 bridgehead atoms. The highest BCUT2D eigenvalue weighted by Gasteiger charge is 2.39. The molecule has 4 rings (SSSR count). The molecule has 1 N–H and O–H groups in total. The Balaban J connectivity index is 1.75. The van der Waals surface area contributed by atoms with Crippen molar-refractivity contribution < 1.29 is 22.7 Å². The third kappa shape index (κ3) is 6.12. The van der Waals surface area contributed by atoms with Gasteiger partial charge in [-0.15, -0.1) is 0 Å². The molecule has 3 aromatic rings. The van der Waals surface area contributed by atoms with E-state index in [1.54, 1.807) is 19.2 Å². The van der Waals surface area contributed by atoms with Gasteiger partial charge in [0.1, 0.15) is 17.3 Å². The normalized spacial score (nSPS) is 18.6. The largest absolute Gasteiger partial charge is 0.453 e. The van der Waals surface area contributed by atoms with Gasteiger partial charge in [0, 0.05) is 38.8 Å². The molecule has 0 spiro atoms. The number of pyridine rings is 1. The number of hydrogen-bond donors (Lipinski definition) is 1. The van der Waals surface area contributed by atoms with E-state index in [9.17, 15) is 28.0 Å². The summed E-state index contributed by atoms with van der Waals surface area (Å²) in [5.74, 6) is 0.393. The van der Waals surface area contributed by atoms with E-state index < -0.39 is 29.6 Å². The number of carbonyl (C=O) groups excluding carboxylic acids is 1. The number of halogens is 3. The number of fused-ring (bicyclic) bond motifs is 1. The van der Waals surface area contributed by atoms with Crippen molar-refractivity contribution in [1.82, 2.24) is 24.8 Å². The first kappa shape index (κ1) is 29.8. The summed E-state index contributed by atoms with van der Waals surface area (Å²) >= 11 is 0. The van der Waals surface area contributed by atoms with E-state index in [0.29, 0.717) is 48.3 Å². The zero-order valence-corrected chi connectivity index (χ0v) is 23.3. The summed E-state index contributed by atoms with van der Waals surface area (Å²) in [4.78, 5) is 37.9. The molecule has 13 heteroatoms. The summed E-state index contributed by atoms with van der Waals surface area (Å²) in [6.45, 7) is 5.03. The van der Waals surface area contributed by atoms with Crippen LogP contribution >= 0.6 is 0 Å². The summed E-state index contributed by atoms with van der Waals surface area (Å²) in [5, 5.41) is 12.2. The second kappa shape index (κ2) is 12.1. The van der Waals surface area contributed by atoms with Crippen molar-refractivity contribution in [3.05, 3.63) is 63.7 Å². The Bertz CT molecular complexity index is 1500. The summed E-state index contributed by atoms with van der Waals surface area (Å²) < 4.78 is 45.9. The lowest BCUT2D eigenvalue weighted by molar-refractivity contribution is -0.137. The molecule has 41 heavy (non-hydrogen) atoms. The van der Waals surface area contributed by atoms with Gasteiger partial charge in [-0.1, -0.05) is 26.0 Å². The fourth-order valence-corrected chi connectivity index (χ4v) is 5.37. The quantitative estimate of drug-likeness (QED) is 0.453. The molecular formula is C28H32F3N7O3. The molecule has 1 amide bonds. The zero-order valence-electron chi connectivity index (χ0n) is 23.3. The van der Waals surface area contributed by atoms with Gasteiger partial charge < -0.3 is 15.0 Å². The lowest BCUT2D eigenvalue weighted by Crippen LogP contribution is -2.60. The number of aromatic nitrogens is 3. The molecule has 3 atom stereocenters. The Kier molecular flexibility index (Phi) is 8.82. The molecule has 218 valence electrons. The van der Waals surface area contributed by atoms with Crippen molar-refractivity contribution in [3.8, 4) is 6.07 Å². The molecule has 0 radical (unpaired) electrons. The number of alkyl carbamates (subject to hydrolysis) is 1. The number of nitrogens with zero attached hydrogens (tertiary/aromatic N) is 6. The predicted molar refractivity (Wildman–Crippen MR) is 146 cm³/mol. The van der Waals surface area contributed by atoms with E-state index in [2.05, 4.69) is 20.2 Å². The summed E-state index contributed by atoms with van der Waals surface area (Å²) in [5.41, 5.74) is 0.614. The Labute approximate surface area is 235 Å². The van der Waals surface area contributed by atoms with Crippen molar-refractivity contribution in [2.24, 2.45) is 7.05 Å². The molecule has 1 saturated heterocycles. The minimum absolute atomic E-state index is 0.116. The molecule has 0 aliphatic carbocycles. The topological polar surface area (TPSA) is 116 Å². The number of rotatable bonds is 7. The molecule has 1 aliphatic rings. The van der Waals surface area contributed by atoms with Crippen LogP contribution in [0.3, 0.4) is 0 Å². The van der Waals surface area contributed by atoms with E-state index in [4.69, 9.17) is 4.74 Å². The van der Waals surface area contributed by atoms with E-state index in [-0.39, 0.29) is 24.3 Å². The van der Waals surface area contributed by atoms with Crippen molar-refractivity contribution in [1.29, 1.82) is 5.26 Å². The van der Waals surface area contributed by atoms with Crippen LogP contribution in [0.15, 0.2) is 41.2 Å². The smallest absolute Gasteiger partial charge is 0.416 e. The average Bonchev–Trinajstić information content (AvgIpc) is 2.98.